The normalized spacial score (nSPS) is 14.3. The molecule has 192 valence electrons. The number of ketones is 1. The number of carbonyl (C=O) groups is 2. The van der Waals surface area contributed by atoms with Gasteiger partial charge < -0.3 is 14.8 Å². The maximum atomic E-state index is 13.2. The zero-order valence-electron chi connectivity index (χ0n) is 20.5. The minimum absolute atomic E-state index is 0.0310. The first-order valence-electron chi connectivity index (χ1n) is 11.5. The lowest BCUT2D eigenvalue weighted by Gasteiger charge is -2.29. The van der Waals surface area contributed by atoms with Crippen LogP contribution in [0.5, 0.6) is 11.5 Å². The first-order valence-corrected chi connectivity index (χ1v) is 11.5. The van der Waals surface area contributed by atoms with Crippen LogP contribution in [0.15, 0.2) is 71.7 Å². The van der Waals surface area contributed by atoms with Crippen molar-refractivity contribution in [3.8, 4) is 11.5 Å². The Morgan fingerprint density at radius 3 is 2.51 bits per heavy atom. The van der Waals surface area contributed by atoms with Crippen LogP contribution >= 0.6 is 0 Å². The molecule has 4 rings (SSSR count). The fraction of sp³-hybridized carbons (Fsp3) is 0.250. The van der Waals surface area contributed by atoms with Gasteiger partial charge >= 0.3 is 6.36 Å². The number of halogens is 3. The summed E-state index contributed by atoms with van der Waals surface area (Å²) in [6, 6.07) is 17.0. The number of nitrogens with zero attached hydrogens (tertiary/aromatic N) is 1. The van der Waals surface area contributed by atoms with Gasteiger partial charge in [0.15, 0.2) is 5.78 Å². The molecule has 0 aromatic heterocycles. The number of anilines is 1. The summed E-state index contributed by atoms with van der Waals surface area (Å²) in [6.07, 6.45) is -4.18. The Kier molecular flexibility index (Phi) is 7.07. The number of alkyl halides is 3. The highest BCUT2D eigenvalue weighted by atomic mass is 19.4. The van der Waals surface area contributed by atoms with Crippen LogP contribution in [-0.4, -0.2) is 36.4 Å². The van der Waals surface area contributed by atoms with Gasteiger partial charge in [0.25, 0.3) is 5.91 Å². The smallest absolute Gasteiger partial charge is 0.497 e. The van der Waals surface area contributed by atoms with Crippen LogP contribution in [0.4, 0.5) is 18.9 Å². The number of fused-ring (bicyclic) bond motifs is 1. The van der Waals surface area contributed by atoms with E-state index in [1.54, 1.807) is 25.3 Å². The molecule has 3 aromatic rings. The van der Waals surface area contributed by atoms with E-state index in [2.05, 4.69) is 10.1 Å². The zero-order valence-corrected chi connectivity index (χ0v) is 20.5. The average molecular weight is 511 g/mol. The molecule has 0 radical (unpaired) electrons. The van der Waals surface area contributed by atoms with Crippen molar-refractivity contribution in [2.45, 2.75) is 38.6 Å². The van der Waals surface area contributed by atoms with E-state index in [0.717, 1.165) is 23.6 Å². The van der Waals surface area contributed by atoms with Gasteiger partial charge in [-0.25, -0.2) is 0 Å². The summed E-state index contributed by atoms with van der Waals surface area (Å²) in [5.41, 5.74) is 2.49. The van der Waals surface area contributed by atoms with Crippen molar-refractivity contribution in [3.63, 3.8) is 0 Å². The highest BCUT2D eigenvalue weighted by Crippen LogP contribution is 2.31. The lowest BCUT2D eigenvalue weighted by atomic mass is 9.85. The molecule has 9 heteroatoms. The number of carbonyl (C=O) groups excluding carboxylic acids is 2. The summed E-state index contributed by atoms with van der Waals surface area (Å²) in [5.74, 6) is -0.976. The summed E-state index contributed by atoms with van der Waals surface area (Å²) in [7, 11) is 1.57. The van der Waals surface area contributed by atoms with Crippen LogP contribution in [0.1, 0.15) is 52.1 Å². The minimum Gasteiger partial charge on any atom is -0.497 e. The van der Waals surface area contributed by atoms with E-state index in [4.69, 9.17) is 9.73 Å². The van der Waals surface area contributed by atoms with E-state index in [1.165, 1.54) is 24.3 Å². The lowest BCUT2D eigenvalue weighted by molar-refractivity contribution is -0.274. The molecule has 0 aliphatic carbocycles. The number of Topliss-reactive ketones (excluding diaryl/α,β-unsaturated/α-hetero) is 1. The molecule has 1 aliphatic rings. The van der Waals surface area contributed by atoms with Gasteiger partial charge in [0, 0.05) is 16.8 Å². The van der Waals surface area contributed by atoms with Crippen LogP contribution in [0.25, 0.3) is 0 Å². The Balaban J connectivity index is 1.55. The Morgan fingerprint density at radius 2 is 1.78 bits per heavy atom. The molecule has 0 unspecified atom stereocenters. The summed E-state index contributed by atoms with van der Waals surface area (Å²) >= 11 is 0. The molecule has 1 heterocycles. The lowest BCUT2D eigenvalue weighted by Crippen LogP contribution is -2.30. The molecule has 0 saturated carbocycles. The second-order valence-corrected chi connectivity index (χ2v) is 9.25. The number of aliphatic imine (C=N–C) groups is 1. The van der Waals surface area contributed by atoms with Crippen molar-refractivity contribution in [2.24, 2.45) is 4.99 Å². The van der Waals surface area contributed by atoms with Gasteiger partial charge in [0.1, 0.15) is 11.5 Å². The average Bonchev–Trinajstić information content (AvgIpc) is 2.82. The maximum absolute atomic E-state index is 13.2. The monoisotopic (exact) mass is 510 g/mol. The third-order valence-corrected chi connectivity index (χ3v) is 5.82. The Labute approximate surface area is 212 Å². The highest BCUT2D eigenvalue weighted by Gasteiger charge is 2.33. The molecular formula is C28H25F3N2O4. The summed E-state index contributed by atoms with van der Waals surface area (Å²) in [5, 5.41) is 2.54. The molecule has 1 N–H and O–H groups in total. The third kappa shape index (κ3) is 6.35. The largest absolute Gasteiger partial charge is 0.573 e. The summed E-state index contributed by atoms with van der Waals surface area (Å²) < 4.78 is 47.5. The van der Waals surface area contributed by atoms with Crippen LogP contribution < -0.4 is 14.8 Å². The summed E-state index contributed by atoms with van der Waals surface area (Å²) in [4.78, 5) is 30.8. The van der Waals surface area contributed by atoms with Gasteiger partial charge in [-0.1, -0.05) is 30.3 Å². The van der Waals surface area contributed by atoms with Crippen LogP contribution in [0.3, 0.4) is 0 Å². The number of methoxy groups -OCH3 is 1. The van der Waals surface area contributed by atoms with Gasteiger partial charge in [-0.05, 0) is 62.2 Å². The van der Waals surface area contributed by atoms with Crippen molar-refractivity contribution in [3.05, 3.63) is 89.0 Å². The second kappa shape index (κ2) is 10.1. The Hall–Kier alpha value is -4.14. The van der Waals surface area contributed by atoms with Crippen molar-refractivity contribution >= 4 is 23.1 Å². The van der Waals surface area contributed by atoms with E-state index in [9.17, 15) is 22.8 Å². The first kappa shape index (κ1) is 25.9. The van der Waals surface area contributed by atoms with Crippen LogP contribution in [-0.2, 0) is 6.42 Å². The van der Waals surface area contributed by atoms with Gasteiger partial charge in [0.05, 0.1) is 30.3 Å². The molecule has 0 spiro atoms. The standard InChI is InChI=1S/C28H25F3N2O4/c1-27(2)16-18-11-12-20(36-3)14-22(18)23(33-27)15-24(34)17-7-6-8-19(13-17)32-26(35)21-9-4-5-10-25(21)37-28(29,30)31/h4-14H,15-16H2,1-3H3,(H,32,35). The second-order valence-electron chi connectivity index (χ2n) is 9.25. The number of para-hydroxylation sites is 1. The van der Waals surface area contributed by atoms with Gasteiger partial charge in [-0.3, -0.25) is 14.6 Å². The predicted octanol–water partition coefficient (Wildman–Crippen LogP) is 6.24. The minimum atomic E-state index is -4.94. The highest BCUT2D eigenvalue weighted by molar-refractivity contribution is 6.17. The first-order chi connectivity index (χ1) is 17.4. The van der Waals surface area contributed by atoms with E-state index in [-0.39, 0.29) is 29.0 Å². The predicted molar refractivity (Wildman–Crippen MR) is 134 cm³/mol. The SMILES string of the molecule is COc1ccc2c(c1)C(CC(=O)c1cccc(NC(=O)c3ccccc3OC(F)(F)F)c1)=NC(C)(C)C2. The molecule has 1 aliphatic heterocycles. The van der Waals surface area contributed by atoms with Gasteiger partial charge in [-0.2, -0.15) is 0 Å². The van der Waals surface area contributed by atoms with E-state index in [1.807, 2.05) is 32.0 Å². The van der Waals surface area contributed by atoms with Crippen LogP contribution in [0, 0.1) is 0 Å². The molecule has 0 bridgehead atoms. The molecule has 3 aromatic carbocycles. The number of ether oxygens (including phenoxy) is 2. The van der Waals surface area contributed by atoms with Crippen LogP contribution in [0.2, 0.25) is 0 Å². The van der Waals surface area contributed by atoms with Crippen molar-refractivity contribution in [2.75, 3.05) is 12.4 Å². The molecule has 6 nitrogen and oxygen atoms in total. The topological polar surface area (TPSA) is 77.0 Å². The number of nitrogens with one attached hydrogen (secondary N) is 1. The number of amides is 1. The number of rotatable bonds is 7. The van der Waals surface area contributed by atoms with Crippen molar-refractivity contribution in [1.82, 2.24) is 0 Å². The fourth-order valence-corrected chi connectivity index (χ4v) is 4.26. The number of hydrogen-bond acceptors (Lipinski definition) is 5. The Bertz CT molecular complexity index is 1380. The van der Waals surface area contributed by atoms with Crippen molar-refractivity contribution < 1.29 is 32.2 Å². The molecule has 1 amide bonds. The van der Waals surface area contributed by atoms with E-state index >= 15 is 0 Å². The molecule has 0 fully saturated rings. The van der Waals surface area contributed by atoms with Crippen molar-refractivity contribution in [1.29, 1.82) is 0 Å². The number of benzene rings is 3. The number of hydrogen-bond donors (Lipinski definition) is 1. The van der Waals surface area contributed by atoms with Gasteiger partial charge in [0.2, 0.25) is 0 Å². The van der Waals surface area contributed by atoms with Gasteiger partial charge in [-0.15, -0.1) is 13.2 Å². The molecule has 0 atom stereocenters. The zero-order chi connectivity index (χ0) is 26.8. The Morgan fingerprint density at radius 1 is 1.03 bits per heavy atom. The van der Waals surface area contributed by atoms with E-state index in [0.29, 0.717) is 17.0 Å². The fourth-order valence-electron chi connectivity index (χ4n) is 4.26. The third-order valence-electron chi connectivity index (χ3n) is 5.82. The molecular weight excluding hydrogens is 485 g/mol. The molecule has 37 heavy (non-hydrogen) atoms. The quantitative estimate of drug-likeness (QED) is 0.382. The van der Waals surface area contributed by atoms with E-state index < -0.39 is 18.0 Å². The maximum Gasteiger partial charge on any atom is 0.573 e. The molecule has 0 saturated heterocycles. The summed E-state index contributed by atoms with van der Waals surface area (Å²) in [6.45, 7) is 4.00.